The third kappa shape index (κ3) is 9.89. The molecule has 4 aliphatic heterocycles. The van der Waals surface area contributed by atoms with Gasteiger partial charge >= 0.3 is 17.9 Å². The zero-order valence-electron chi connectivity index (χ0n) is 44.0. The molecule has 3 saturated carbocycles. The fourth-order valence-electron chi connectivity index (χ4n) is 14.8. The molecule has 13 heteroatoms. The van der Waals surface area contributed by atoms with Gasteiger partial charge in [0.15, 0.2) is 5.60 Å². The lowest BCUT2D eigenvalue weighted by Crippen LogP contribution is -2.75. The Morgan fingerprint density at radius 1 is 0.740 bits per heavy atom. The molecule has 7 fully saturated rings. The van der Waals surface area contributed by atoms with Crippen LogP contribution in [0.2, 0.25) is 0 Å². The van der Waals surface area contributed by atoms with Crippen molar-refractivity contribution in [2.75, 3.05) is 13.2 Å². The molecule has 402 valence electrons. The number of aliphatic hydroxyl groups is 3. The molecule has 0 amide bonds. The van der Waals surface area contributed by atoms with Crippen LogP contribution in [0.3, 0.4) is 0 Å². The third-order valence-electron chi connectivity index (χ3n) is 18.6. The van der Waals surface area contributed by atoms with Crippen LogP contribution in [-0.2, 0) is 38.0 Å². The normalized spacial score (nSPS) is 39.1. The van der Waals surface area contributed by atoms with Crippen LogP contribution in [0.25, 0.3) is 0 Å². The first kappa shape index (κ1) is 54.1. The molecule has 4 saturated heterocycles. The number of aliphatic hydroxyl groups excluding tert-OH is 2. The van der Waals surface area contributed by atoms with Crippen LogP contribution >= 0.6 is 0 Å². The van der Waals surface area contributed by atoms with E-state index >= 15 is 0 Å². The van der Waals surface area contributed by atoms with E-state index in [4.69, 9.17) is 33.2 Å². The van der Waals surface area contributed by atoms with E-state index in [1.54, 1.807) is 54.6 Å². The van der Waals surface area contributed by atoms with Crippen molar-refractivity contribution in [2.24, 2.45) is 29.6 Å². The summed E-state index contributed by atoms with van der Waals surface area (Å²) in [6.45, 7) is 11.9. The van der Waals surface area contributed by atoms with Gasteiger partial charge in [-0.15, -0.1) is 0 Å². The van der Waals surface area contributed by atoms with Crippen molar-refractivity contribution in [3.8, 4) is 0 Å². The van der Waals surface area contributed by atoms with Gasteiger partial charge in [0.25, 0.3) is 0 Å². The van der Waals surface area contributed by atoms with Gasteiger partial charge in [-0.1, -0.05) is 173 Å². The van der Waals surface area contributed by atoms with Gasteiger partial charge in [0.1, 0.15) is 66.6 Å². The van der Waals surface area contributed by atoms with E-state index in [-0.39, 0.29) is 30.9 Å². The Balaban J connectivity index is 1.09. The second kappa shape index (κ2) is 22.5. The molecule has 73 heavy (non-hydrogen) atoms. The maximum absolute atomic E-state index is 14.6. The molecule has 2 aromatic rings. The van der Waals surface area contributed by atoms with Crippen molar-refractivity contribution in [2.45, 2.75) is 227 Å². The summed E-state index contributed by atoms with van der Waals surface area (Å²) >= 11 is 0. The molecule has 3 N–H and O–H groups in total. The monoisotopic (exact) mass is 1010 g/mol. The minimum Gasteiger partial charge on any atom is -0.462 e. The predicted molar refractivity (Wildman–Crippen MR) is 273 cm³/mol. The lowest BCUT2D eigenvalue weighted by Gasteiger charge is -2.60. The molecule has 16 atom stereocenters. The number of rotatable bonds is 21. The first-order chi connectivity index (χ1) is 35.2. The quantitative estimate of drug-likeness (QED) is 0.0354. The fraction of sp³-hybridized carbons (Fsp3) is 0.717. The maximum Gasteiger partial charge on any atom is 0.338 e. The molecule has 0 radical (unpaired) electrons. The summed E-state index contributed by atoms with van der Waals surface area (Å²) in [6.07, 6.45) is 12.2. The van der Waals surface area contributed by atoms with Gasteiger partial charge in [0.2, 0.25) is 5.79 Å². The van der Waals surface area contributed by atoms with Crippen molar-refractivity contribution in [1.82, 2.24) is 0 Å². The molecule has 0 aromatic heterocycles. The summed E-state index contributed by atoms with van der Waals surface area (Å²) in [5.74, 6) is -6.80. The molecule has 13 nitrogen and oxygen atoms in total. The van der Waals surface area contributed by atoms with Crippen LogP contribution in [-0.4, -0.2) is 111 Å². The molecule has 3 bridgehead atoms. The summed E-state index contributed by atoms with van der Waals surface area (Å²) in [4.78, 5) is 42.9. The van der Waals surface area contributed by atoms with Crippen molar-refractivity contribution in [1.29, 1.82) is 0 Å². The number of carbonyl (C=O) groups excluding carboxylic acids is 3. The highest BCUT2D eigenvalue weighted by molar-refractivity contribution is 5.90. The van der Waals surface area contributed by atoms with E-state index in [9.17, 15) is 29.7 Å². The van der Waals surface area contributed by atoms with Gasteiger partial charge in [0.05, 0.1) is 17.0 Å². The fourth-order valence-corrected chi connectivity index (χ4v) is 14.8. The second-order valence-corrected chi connectivity index (χ2v) is 23.3. The molecule has 4 heterocycles. The minimum absolute atomic E-state index is 0.0308. The lowest BCUT2D eigenvalue weighted by atomic mass is 9.54. The van der Waals surface area contributed by atoms with Gasteiger partial charge in [-0.3, -0.25) is 4.79 Å². The maximum atomic E-state index is 14.6. The molecule has 2 aromatic carbocycles. The number of fused-ring (bicyclic) bond motifs is 2. The number of benzene rings is 2. The molecule has 9 rings (SSSR count). The van der Waals surface area contributed by atoms with Gasteiger partial charge in [0, 0.05) is 18.8 Å². The number of unbranched alkanes of at least 4 members (excludes halogenated alkanes) is 12. The van der Waals surface area contributed by atoms with Crippen molar-refractivity contribution in [3.05, 3.63) is 83.9 Å². The molecule has 2 spiro atoms. The van der Waals surface area contributed by atoms with Crippen LogP contribution in [0.5, 0.6) is 0 Å². The van der Waals surface area contributed by atoms with Crippen molar-refractivity contribution in [3.63, 3.8) is 0 Å². The highest BCUT2D eigenvalue weighted by Crippen LogP contribution is 2.73. The number of esters is 3. The van der Waals surface area contributed by atoms with E-state index in [1.165, 1.54) is 57.8 Å². The predicted octanol–water partition coefficient (Wildman–Crippen LogP) is 10.2. The SMILES string of the molecule is C=C(C)[C@]12C[C@@H](OC(=O)c3ccccc3)[C@@]34OCC5(OC1[C@@H]3C1O[C@]1(COC(=O)CCCCCCCCCCCCCCC)[C@@H](O)[C@@]1(O)[C@H]4[C@H]([C@H](C)[C@@H]1OC(=O)c1ccccc1)[C@H](C)CCCCCC[C@H]5O)O2. The molecule has 7 aliphatic rings. The van der Waals surface area contributed by atoms with Crippen molar-refractivity contribution >= 4 is 17.9 Å². The third-order valence-corrected chi connectivity index (χ3v) is 18.6. The van der Waals surface area contributed by atoms with E-state index in [1.807, 2.05) is 19.9 Å². The van der Waals surface area contributed by atoms with E-state index in [0.29, 0.717) is 30.4 Å². The Kier molecular flexibility index (Phi) is 16.7. The zero-order valence-corrected chi connectivity index (χ0v) is 44.0. The molecular weight excluding hydrogens is 929 g/mol. The van der Waals surface area contributed by atoms with Crippen LogP contribution in [0.1, 0.15) is 183 Å². The van der Waals surface area contributed by atoms with Gasteiger partial charge in [-0.05, 0) is 67.4 Å². The summed E-state index contributed by atoms with van der Waals surface area (Å²) < 4.78 is 48.4. The Morgan fingerprint density at radius 2 is 1.32 bits per heavy atom. The molecule has 3 unspecified atom stereocenters. The molecular formula is C60H84O13. The van der Waals surface area contributed by atoms with E-state index in [0.717, 1.165) is 44.9 Å². The number of carbonyl (C=O) groups is 3. The van der Waals surface area contributed by atoms with E-state index in [2.05, 4.69) is 20.4 Å². The van der Waals surface area contributed by atoms with Crippen LogP contribution in [0, 0.1) is 29.6 Å². The Morgan fingerprint density at radius 3 is 1.92 bits per heavy atom. The van der Waals surface area contributed by atoms with Crippen LogP contribution in [0.4, 0.5) is 0 Å². The Hall–Kier alpha value is -3.69. The van der Waals surface area contributed by atoms with Crippen LogP contribution in [0.15, 0.2) is 72.8 Å². The first-order valence-electron chi connectivity index (χ1n) is 28.3. The topological polar surface area (TPSA) is 180 Å². The number of hydrogen-bond donors (Lipinski definition) is 3. The second-order valence-electron chi connectivity index (χ2n) is 23.3. The van der Waals surface area contributed by atoms with Gasteiger partial charge < -0.3 is 48.5 Å². The summed E-state index contributed by atoms with van der Waals surface area (Å²) in [5, 5.41) is 40.2. The van der Waals surface area contributed by atoms with Crippen LogP contribution < -0.4 is 0 Å². The zero-order chi connectivity index (χ0) is 51.6. The van der Waals surface area contributed by atoms with E-state index < -0.39 is 113 Å². The van der Waals surface area contributed by atoms with Gasteiger partial charge in [-0.2, -0.15) is 0 Å². The number of ether oxygens (including phenoxy) is 7. The standard InChI is InChI=1S/C60H84O13/c1-6-7-8-9-10-11-12-13-14-15-16-17-28-35-46(62)67-37-57-52(71-57)48-51-56(39(2)3)36-45(69-53(63)42-30-23-20-24-31-42)60(48)49-47(40(4)29-22-18-19-27-34-44(61)58(72-51,73-56)38-68-60)41(5)50(59(49,66)55(57)65)70-54(64)43-32-25-21-26-33-43/h20-21,23-26,30-33,40-41,44-45,47-52,55,61,65-66H,2,6-19,22,27-29,34-38H2,1,3-5H3/t40-,41+,44-,45-,47+,48-,49-,50+,51?,52?,55-,56-,57+,58?,59-,60-/m1/s1. The summed E-state index contributed by atoms with van der Waals surface area (Å²) in [7, 11) is 0. The minimum atomic E-state index is -2.36. The highest BCUT2D eigenvalue weighted by atomic mass is 16.8. The first-order valence-corrected chi connectivity index (χ1v) is 28.3. The average Bonchev–Trinajstić information content (AvgIpc) is 3.98. The van der Waals surface area contributed by atoms with Crippen molar-refractivity contribution < 1.29 is 62.9 Å². The van der Waals surface area contributed by atoms with Gasteiger partial charge in [-0.25, -0.2) is 9.59 Å². The summed E-state index contributed by atoms with van der Waals surface area (Å²) in [5.41, 5.74) is -6.10. The number of epoxide rings is 1. The number of hydrogen-bond acceptors (Lipinski definition) is 13. The largest absolute Gasteiger partial charge is 0.462 e. The summed E-state index contributed by atoms with van der Waals surface area (Å²) in [6, 6.07) is 17.2. The lowest BCUT2D eigenvalue weighted by molar-refractivity contribution is -0.326. The highest BCUT2D eigenvalue weighted by Gasteiger charge is 2.90. The Labute approximate surface area is 433 Å². The smallest absolute Gasteiger partial charge is 0.338 e. The average molecular weight is 1010 g/mol. The molecule has 3 aliphatic carbocycles. The Bertz CT molecular complexity index is 2220.